The number of rotatable bonds is 5. The van der Waals surface area contributed by atoms with Gasteiger partial charge in [-0.3, -0.25) is 9.59 Å². The van der Waals surface area contributed by atoms with E-state index in [0.29, 0.717) is 25.2 Å². The van der Waals surface area contributed by atoms with Crippen LogP contribution in [0.3, 0.4) is 0 Å². The minimum atomic E-state index is -0.238. The number of nitrogens with one attached hydrogen (secondary N) is 1. The number of likely N-dealkylation sites (tertiary alicyclic amines) is 1. The molecule has 0 aromatic carbocycles. The maximum atomic E-state index is 12.4. The molecule has 0 aliphatic carbocycles. The summed E-state index contributed by atoms with van der Waals surface area (Å²) in [4.78, 5) is 30.1. The number of piperidine rings is 1. The number of carbonyl (C=O) groups excluding carboxylic acids is 2. The number of hydrogen-bond acceptors (Lipinski definition) is 5. The van der Waals surface area contributed by atoms with Crippen molar-refractivity contribution in [3.63, 3.8) is 0 Å². The van der Waals surface area contributed by atoms with Crippen molar-refractivity contribution in [3.05, 3.63) is 29.7 Å². The summed E-state index contributed by atoms with van der Waals surface area (Å²) in [6.07, 6.45) is 5.04. The van der Waals surface area contributed by atoms with Crippen molar-refractivity contribution in [1.82, 2.24) is 24.8 Å². The molecule has 128 valence electrons. The standard InChI is InChI=1S/C16H22N6O2/c1-11-13(9-19-14-4-5-20-22(11)14)16(24)18-6-8-21-7-2-3-12(10-21)15(17)23/h4-5,9,12H,2-3,6-8,10H2,1H3,(H2,17,23)(H,18,24). The van der Waals surface area contributed by atoms with Crippen LogP contribution in [0.1, 0.15) is 28.9 Å². The van der Waals surface area contributed by atoms with Gasteiger partial charge in [0.15, 0.2) is 5.65 Å². The lowest BCUT2D eigenvalue weighted by atomic mass is 9.97. The van der Waals surface area contributed by atoms with Crippen molar-refractivity contribution >= 4 is 17.5 Å². The Labute approximate surface area is 140 Å². The molecule has 1 aliphatic rings. The molecule has 1 fully saturated rings. The predicted molar refractivity (Wildman–Crippen MR) is 88.4 cm³/mol. The van der Waals surface area contributed by atoms with Gasteiger partial charge in [-0.25, -0.2) is 9.50 Å². The Bertz CT molecular complexity index is 756. The number of carbonyl (C=O) groups is 2. The minimum Gasteiger partial charge on any atom is -0.369 e. The van der Waals surface area contributed by atoms with Crippen molar-refractivity contribution in [2.45, 2.75) is 19.8 Å². The molecule has 2 aromatic heterocycles. The Hall–Kier alpha value is -2.48. The van der Waals surface area contributed by atoms with E-state index in [1.165, 1.54) is 0 Å². The molecule has 0 saturated carbocycles. The summed E-state index contributed by atoms with van der Waals surface area (Å²) < 4.78 is 1.65. The zero-order valence-corrected chi connectivity index (χ0v) is 13.7. The van der Waals surface area contributed by atoms with E-state index in [1.807, 2.05) is 6.92 Å². The number of aromatic nitrogens is 3. The molecule has 2 amide bonds. The molecule has 8 nitrogen and oxygen atoms in total. The number of amides is 2. The Morgan fingerprint density at radius 1 is 1.46 bits per heavy atom. The molecule has 1 atom stereocenters. The van der Waals surface area contributed by atoms with E-state index >= 15 is 0 Å². The Morgan fingerprint density at radius 2 is 2.29 bits per heavy atom. The van der Waals surface area contributed by atoms with Gasteiger partial charge >= 0.3 is 0 Å². The van der Waals surface area contributed by atoms with Gasteiger partial charge in [0.1, 0.15) is 0 Å². The molecular weight excluding hydrogens is 308 g/mol. The van der Waals surface area contributed by atoms with Crippen LogP contribution in [-0.2, 0) is 4.79 Å². The third-order valence-corrected chi connectivity index (χ3v) is 4.52. The summed E-state index contributed by atoms with van der Waals surface area (Å²) in [7, 11) is 0. The van der Waals surface area contributed by atoms with Crippen LogP contribution in [0.5, 0.6) is 0 Å². The van der Waals surface area contributed by atoms with Crippen molar-refractivity contribution in [3.8, 4) is 0 Å². The lowest BCUT2D eigenvalue weighted by Gasteiger charge is -2.31. The molecule has 24 heavy (non-hydrogen) atoms. The summed E-state index contributed by atoms with van der Waals surface area (Å²) in [5, 5.41) is 7.07. The van der Waals surface area contributed by atoms with Crippen LogP contribution >= 0.6 is 0 Å². The number of fused-ring (bicyclic) bond motifs is 1. The molecule has 3 heterocycles. The van der Waals surface area contributed by atoms with Crippen molar-refractivity contribution < 1.29 is 9.59 Å². The fourth-order valence-electron chi connectivity index (χ4n) is 3.13. The largest absolute Gasteiger partial charge is 0.369 e. The average Bonchev–Trinajstić information content (AvgIpc) is 3.05. The van der Waals surface area contributed by atoms with Crippen molar-refractivity contribution in [2.75, 3.05) is 26.2 Å². The lowest BCUT2D eigenvalue weighted by molar-refractivity contribution is -0.123. The van der Waals surface area contributed by atoms with Crippen LogP contribution in [-0.4, -0.2) is 57.5 Å². The topological polar surface area (TPSA) is 106 Å². The first-order chi connectivity index (χ1) is 11.6. The van der Waals surface area contributed by atoms with Crippen LogP contribution in [0.2, 0.25) is 0 Å². The Balaban J connectivity index is 1.55. The minimum absolute atomic E-state index is 0.0804. The molecule has 1 saturated heterocycles. The maximum Gasteiger partial charge on any atom is 0.254 e. The quantitative estimate of drug-likeness (QED) is 0.800. The van der Waals surface area contributed by atoms with Gasteiger partial charge in [-0.15, -0.1) is 0 Å². The van der Waals surface area contributed by atoms with Gasteiger partial charge in [-0.2, -0.15) is 5.10 Å². The fourth-order valence-corrected chi connectivity index (χ4v) is 3.13. The third-order valence-electron chi connectivity index (χ3n) is 4.52. The SMILES string of the molecule is Cc1c(C(=O)NCCN2CCCC(C(N)=O)C2)cnc2ccnn12. The van der Waals surface area contributed by atoms with Crippen LogP contribution in [0.4, 0.5) is 0 Å². The van der Waals surface area contributed by atoms with Gasteiger partial charge in [-0.05, 0) is 26.3 Å². The highest BCUT2D eigenvalue weighted by atomic mass is 16.2. The molecule has 3 rings (SSSR count). The lowest BCUT2D eigenvalue weighted by Crippen LogP contribution is -2.44. The molecule has 0 radical (unpaired) electrons. The Morgan fingerprint density at radius 3 is 3.08 bits per heavy atom. The normalized spacial score (nSPS) is 18.6. The van der Waals surface area contributed by atoms with Gasteiger partial charge < -0.3 is 16.0 Å². The van der Waals surface area contributed by atoms with Crippen LogP contribution in [0.15, 0.2) is 18.5 Å². The second-order valence-corrected chi connectivity index (χ2v) is 6.16. The van der Waals surface area contributed by atoms with Gasteiger partial charge in [-0.1, -0.05) is 0 Å². The molecule has 8 heteroatoms. The molecule has 0 spiro atoms. The highest BCUT2D eigenvalue weighted by Crippen LogP contribution is 2.15. The van der Waals surface area contributed by atoms with Crippen molar-refractivity contribution in [1.29, 1.82) is 0 Å². The van der Waals surface area contributed by atoms with Crippen LogP contribution < -0.4 is 11.1 Å². The van der Waals surface area contributed by atoms with E-state index in [4.69, 9.17) is 5.73 Å². The van der Waals surface area contributed by atoms with Crippen LogP contribution in [0.25, 0.3) is 5.65 Å². The predicted octanol–water partition coefficient (Wildman–Crippen LogP) is -0.0352. The van der Waals surface area contributed by atoms with E-state index in [9.17, 15) is 9.59 Å². The number of nitrogens with two attached hydrogens (primary N) is 1. The monoisotopic (exact) mass is 330 g/mol. The summed E-state index contributed by atoms with van der Waals surface area (Å²) in [6.45, 7) is 4.66. The smallest absolute Gasteiger partial charge is 0.254 e. The average molecular weight is 330 g/mol. The van der Waals surface area contributed by atoms with Gasteiger partial charge in [0.05, 0.1) is 23.4 Å². The van der Waals surface area contributed by atoms with Gasteiger partial charge in [0.2, 0.25) is 5.91 Å². The van der Waals surface area contributed by atoms with E-state index in [2.05, 4.69) is 20.3 Å². The fraction of sp³-hybridized carbons (Fsp3) is 0.500. The zero-order valence-electron chi connectivity index (χ0n) is 13.7. The number of primary amides is 1. The molecular formula is C16H22N6O2. The first kappa shape index (κ1) is 16.4. The summed E-state index contributed by atoms with van der Waals surface area (Å²) in [5.41, 5.74) is 7.37. The van der Waals surface area contributed by atoms with Gasteiger partial charge in [0, 0.05) is 31.9 Å². The number of aryl methyl sites for hydroxylation is 1. The maximum absolute atomic E-state index is 12.4. The summed E-state index contributed by atoms with van der Waals surface area (Å²) in [5.74, 6) is -0.484. The van der Waals surface area contributed by atoms with E-state index in [-0.39, 0.29) is 17.7 Å². The first-order valence-corrected chi connectivity index (χ1v) is 8.15. The zero-order chi connectivity index (χ0) is 17.1. The molecule has 0 bridgehead atoms. The van der Waals surface area contributed by atoms with Crippen LogP contribution in [0, 0.1) is 12.8 Å². The highest BCUT2D eigenvalue weighted by Gasteiger charge is 2.23. The Kier molecular flexibility index (Phi) is 4.75. The van der Waals surface area contributed by atoms with E-state index in [0.717, 1.165) is 30.7 Å². The summed E-state index contributed by atoms with van der Waals surface area (Å²) in [6, 6.07) is 1.79. The first-order valence-electron chi connectivity index (χ1n) is 8.15. The molecule has 2 aromatic rings. The van der Waals surface area contributed by atoms with E-state index in [1.54, 1.807) is 23.0 Å². The molecule has 1 aliphatic heterocycles. The second kappa shape index (κ2) is 6.96. The van der Waals surface area contributed by atoms with Gasteiger partial charge in [0.25, 0.3) is 5.91 Å². The number of nitrogens with zero attached hydrogens (tertiary/aromatic N) is 4. The highest BCUT2D eigenvalue weighted by molar-refractivity contribution is 5.95. The van der Waals surface area contributed by atoms with E-state index < -0.39 is 0 Å². The second-order valence-electron chi connectivity index (χ2n) is 6.16. The number of hydrogen-bond donors (Lipinski definition) is 2. The van der Waals surface area contributed by atoms with Crippen molar-refractivity contribution in [2.24, 2.45) is 11.7 Å². The third kappa shape index (κ3) is 3.38. The molecule has 3 N–H and O–H groups in total. The molecule has 1 unspecified atom stereocenters. The summed E-state index contributed by atoms with van der Waals surface area (Å²) >= 11 is 0.